The van der Waals surface area contributed by atoms with Gasteiger partial charge >= 0.3 is 0 Å². The van der Waals surface area contributed by atoms with Gasteiger partial charge in [-0.2, -0.15) is 0 Å². The molecule has 1 amide bonds. The van der Waals surface area contributed by atoms with E-state index in [1.54, 1.807) is 24.3 Å². The summed E-state index contributed by atoms with van der Waals surface area (Å²) in [6.07, 6.45) is 0. The van der Waals surface area contributed by atoms with Gasteiger partial charge in [0.15, 0.2) is 18.2 Å². The largest absolute Gasteiger partial charge is 0.481 e. The van der Waals surface area contributed by atoms with Gasteiger partial charge in [-0.3, -0.25) is 4.79 Å². The van der Waals surface area contributed by atoms with Crippen LogP contribution in [0.2, 0.25) is 0 Å². The fourth-order valence-electron chi connectivity index (χ4n) is 3.15. The lowest BCUT2D eigenvalue weighted by molar-refractivity contribution is -0.937. The molecule has 144 valence electrons. The Labute approximate surface area is 156 Å². The summed E-state index contributed by atoms with van der Waals surface area (Å²) in [5.41, 5.74) is 0.948. The molecule has 2 aromatic carbocycles. The maximum atomic E-state index is 13.5. The van der Waals surface area contributed by atoms with Crippen LogP contribution in [0, 0.1) is 11.6 Å². The van der Waals surface area contributed by atoms with Crippen LogP contribution in [0.15, 0.2) is 48.5 Å². The van der Waals surface area contributed by atoms with Gasteiger partial charge in [-0.05, 0) is 24.3 Å². The number of para-hydroxylation sites is 1. The standard InChI is InChI=1S/C20H22F2N2O3/c21-16-7-5-15(6-8-16)18(24-9-11-26-12-10-24)13-23-20(25)14-27-19-4-2-1-3-17(19)22/h1-8,18H,9-14H2,(H,23,25)/p+1/t18-/m1/s1. The first-order chi connectivity index (χ1) is 13.1. The van der Waals surface area contributed by atoms with Crippen LogP contribution in [0.5, 0.6) is 5.75 Å². The van der Waals surface area contributed by atoms with E-state index < -0.39 is 5.82 Å². The van der Waals surface area contributed by atoms with Crippen LogP contribution >= 0.6 is 0 Å². The lowest BCUT2D eigenvalue weighted by Crippen LogP contribution is -3.15. The van der Waals surface area contributed by atoms with E-state index >= 15 is 0 Å². The van der Waals surface area contributed by atoms with E-state index in [1.807, 2.05) is 0 Å². The molecule has 1 fully saturated rings. The van der Waals surface area contributed by atoms with Gasteiger partial charge < -0.3 is 19.7 Å². The van der Waals surface area contributed by atoms with Gasteiger partial charge in [0.25, 0.3) is 5.91 Å². The summed E-state index contributed by atoms with van der Waals surface area (Å²) in [6, 6.07) is 12.3. The maximum absolute atomic E-state index is 13.5. The molecule has 3 rings (SSSR count). The lowest BCUT2D eigenvalue weighted by atomic mass is 10.0. The molecule has 1 aliphatic heterocycles. The number of morpholine rings is 1. The molecule has 2 N–H and O–H groups in total. The van der Waals surface area contributed by atoms with Crippen molar-refractivity contribution in [3.05, 3.63) is 65.7 Å². The number of rotatable bonds is 7. The molecule has 1 saturated heterocycles. The van der Waals surface area contributed by atoms with Crippen molar-refractivity contribution in [2.24, 2.45) is 0 Å². The fraction of sp³-hybridized carbons (Fsp3) is 0.350. The predicted molar refractivity (Wildman–Crippen MR) is 95.6 cm³/mol. The highest BCUT2D eigenvalue weighted by Crippen LogP contribution is 2.15. The third kappa shape index (κ3) is 5.48. The molecule has 0 saturated carbocycles. The van der Waals surface area contributed by atoms with E-state index in [0.29, 0.717) is 19.8 Å². The van der Waals surface area contributed by atoms with Gasteiger partial charge in [0.1, 0.15) is 24.9 Å². The summed E-state index contributed by atoms with van der Waals surface area (Å²) < 4.78 is 37.4. The van der Waals surface area contributed by atoms with Crippen LogP contribution in [0.3, 0.4) is 0 Å². The predicted octanol–water partition coefficient (Wildman–Crippen LogP) is 1.12. The molecule has 2 aromatic rings. The highest BCUT2D eigenvalue weighted by molar-refractivity contribution is 5.77. The third-order valence-electron chi connectivity index (χ3n) is 4.60. The third-order valence-corrected chi connectivity index (χ3v) is 4.60. The average Bonchev–Trinajstić information content (AvgIpc) is 2.69. The van der Waals surface area contributed by atoms with E-state index in [0.717, 1.165) is 18.7 Å². The molecule has 0 radical (unpaired) electrons. The minimum Gasteiger partial charge on any atom is -0.481 e. The molecule has 1 atom stereocenters. The van der Waals surface area contributed by atoms with Crippen LogP contribution < -0.4 is 15.0 Å². The Morgan fingerprint density at radius 1 is 1.11 bits per heavy atom. The van der Waals surface area contributed by atoms with Gasteiger partial charge in [-0.15, -0.1) is 0 Å². The Kier molecular flexibility index (Phi) is 6.73. The van der Waals surface area contributed by atoms with Gasteiger partial charge in [-0.1, -0.05) is 24.3 Å². The Bertz CT molecular complexity index is 749. The smallest absolute Gasteiger partial charge is 0.258 e. The Hall–Kier alpha value is -2.51. The number of halogens is 2. The van der Waals surface area contributed by atoms with Crippen LogP contribution in [-0.2, 0) is 9.53 Å². The number of ether oxygens (including phenoxy) is 2. The lowest BCUT2D eigenvalue weighted by Gasteiger charge is -2.32. The zero-order chi connectivity index (χ0) is 19.1. The van der Waals surface area contributed by atoms with E-state index in [-0.39, 0.29) is 30.1 Å². The first-order valence-corrected chi connectivity index (χ1v) is 8.95. The minimum atomic E-state index is -0.507. The number of amides is 1. The summed E-state index contributed by atoms with van der Waals surface area (Å²) in [7, 11) is 0. The summed E-state index contributed by atoms with van der Waals surface area (Å²) in [5.74, 6) is -1.09. The van der Waals surface area contributed by atoms with Crippen molar-refractivity contribution in [2.75, 3.05) is 39.5 Å². The number of carbonyl (C=O) groups is 1. The van der Waals surface area contributed by atoms with Crippen LogP contribution in [-0.4, -0.2) is 45.4 Å². The molecule has 1 aliphatic rings. The van der Waals surface area contributed by atoms with E-state index in [9.17, 15) is 13.6 Å². The van der Waals surface area contributed by atoms with Crippen molar-refractivity contribution in [3.63, 3.8) is 0 Å². The van der Waals surface area contributed by atoms with E-state index in [4.69, 9.17) is 9.47 Å². The molecule has 0 aliphatic carbocycles. The zero-order valence-corrected chi connectivity index (χ0v) is 14.9. The van der Waals surface area contributed by atoms with Crippen molar-refractivity contribution in [1.29, 1.82) is 0 Å². The van der Waals surface area contributed by atoms with Crippen molar-refractivity contribution < 1.29 is 27.9 Å². The van der Waals surface area contributed by atoms with Gasteiger partial charge in [0.05, 0.1) is 19.8 Å². The van der Waals surface area contributed by atoms with Gasteiger partial charge in [0.2, 0.25) is 0 Å². The van der Waals surface area contributed by atoms with Crippen molar-refractivity contribution in [2.45, 2.75) is 6.04 Å². The SMILES string of the molecule is O=C(COc1ccccc1F)NC[C@H](c1ccc(F)cc1)[NH+]1CCOCC1. The maximum Gasteiger partial charge on any atom is 0.258 e. The van der Waals surface area contributed by atoms with Crippen molar-refractivity contribution >= 4 is 5.91 Å². The zero-order valence-electron chi connectivity index (χ0n) is 14.9. The number of nitrogens with one attached hydrogen (secondary N) is 2. The molecule has 0 unspecified atom stereocenters. The first-order valence-electron chi connectivity index (χ1n) is 8.95. The summed E-state index contributed by atoms with van der Waals surface area (Å²) in [4.78, 5) is 13.4. The molecule has 0 bridgehead atoms. The van der Waals surface area contributed by atoms with Crippen molar-refractivity contribution in [1.82, 2.24) is 5.32 Å². The van der Waals surface area contributed by atoms with Gasteiger partial charge in [-0.25, -0.2) is 8.78 Å². The molecule has 0 aromatic heterocycles. The Balaban J connectivity index is 1.59. The van der Waals surface area contributed by atoms with Crippen LogP contribution in [0.25, 0.3) is 0 Å². The molecule has 5 nitrogen and oxygen atoms in total. The van der Waals surface area contributed by atoms with E-state index in [1.165, 1.54) is 29.2 Å². The summed E-state index contributed by atoms with van der Waals surface area (Å²) in [6.45, 7) is 3.03. The summed E-state index contributed by atoms with van der Waals surface area (Å²) in [5, 5.41) is 2.84. The average molecular weight is 377 g/mol. The normalized spacial score (nSPS) is 15.9. The topological polar surface area (TPSA) is 52.0 Å². The number of hydrogen-bond acceptors (Lipinski definition) is 3. The quantitative estimate of drug-likeness (QED) is 0.760. The van der Waals surface area contributed by atoms with Crippen LogP contribution in [0.4, 0.5) is 8.78 Å². The second-order valence-electron chi connectivity index (χ2n) is 6.40. The summed E-state index contributed by atoms with van der Waals surface area (Å²) >= 11 is 0. The molecule has 1 heterocycles. The molecule has 7 heteroatoms. The Morgan fingerprint density at radius 2 is 1.81 bits per heavy atom. The fourth-order valence-corrected chi connectivity index (χ4v) is 3.15. The van der Waals surface area contributed by atoms with Crippen molar-refractivity contribution in [3.8, 4) is 5.75 Å². The minimum absolute atomic E-state index is 0.0214. The highest BCUT2D eigenvalue weighted by Gasteiger charge is 2.27. The molecular weight excluding hydrogens is 354 g/mol. The van der Waals surface area contributed by atoms with Gasteiger partial charge in [0, 0.05) is 5.56 Å². The first kappa shape index (κ1) is 19.3. The number of benzene rings is 2. The van der Waals surface area contributed by atoms with E-state index in [2.05, 4.69) is 5.32 Å². The second kappa shape index (κ2) is 9.43. The highest BCUT2D eigenvalue weighted by atomic mass is 19.1. The molecular formula is C20H23F2N2O3+. The Morgan fingerprint density at radius 3 is 2.52 bits per heavy atom. The molecule has 27 heavy (non-hydrogen) atoms. The monoisotopic (exact) mass is 377 g/mol. The number of carbonyl (C=O) groups excluding carboxylic acids is 1. The molecule has 0 spiro atoms. The number of quaternary nitrogens is 1. The second-order valence-corrected chi connectivity index (χ2v) is 6.40. The van der Waals surface area contributed by atoms with Crippen LogP contribution in [0.1, 0.15) is 11.6 Å². The number of hydrogen-bond donors (Lipinski definition) is 2.